The Kier molecular flexibility index (Phi) is 5.88. The van der Waals surface area contributed by atoms with Crippen molar-refractivity contribution >= 4 is 22.6 Å². The number of amides is 1. The van der Waals surface area contributed by atoms with Crippen molar-refractivity contribution in [1.29, 1.82) is 0 Å². The Bertz CT molecular complexity index is 1150. The molecule has 0 saturated carbocycles. The van der Waals surface area contributed by atoms with Crippen molar-refractivity contribution in [3.05, 3.63) is 113 Å². The van der Waals surface area contributed by atoms with Gasteiger partial charge in [0.25, 0.3) is 5.91 Å². The van der Waals surface area contributed by atoms with Crippen molar-refractivity contribution in [1.82, 2.24) is 4.90 Å². The highest BCUT2D eigenvalue weighted by atomic mass is 32.2. The minimum absolute atomic E-state index is 0.0108. The monoisotopic (exact) mass is 443 g/mol. The van der Waals surface area contributed by atoms with Crippen molar-refractivity contribution in [2.24, 2.45) is 0 Å². The van der Waals surface area contributed by atoms with Crippen LogP contribution in [0.5, 0.6) is 0 Å². The van der Waals surface area contributed by atoms with Crippen molar-refractivity contribution in [3.63, 3.8) is 0 Å². The van der Waals surface area contributed by atoms with Crippen molar-refractivity contribution < 1.29 is 9.18 Å². The number of halogens is 1. The first-order valence-corrected chi connectivity index (χ1v) is 12.1. The van der Waals surface area contributed by atoms with Crippen LogP contribution in [0.3, 0.4) is 0 Å². The van der Waals surface area contributed by atoms with E-state index < -0.39 is 5.82 Å². The van der Waals surface area contributed by atoms with Gasteiger partial charge in [-0.25, -0.2) is 4.39 Å². The molecule has 0 saturated heterocycles. The van der Waals surface area contributed by atoms with Crippen LogP contribution in [0, 0.1) is 5.82 Å². The predicted molar refractivity (Wildman–Crippen MR) is 130 cm³/mol. The lowest BCUT2D eigenvalue weighted by Crippen LogP contribution is -2.41. The molecule has 2 nitrogen and oxygen atoms in total. The van der Waals surface area contributed by atoms with Crippen molar-refractivity contribution in [2.75, 3.05) is 0 Å². The van der Waals surface area contributed by atoms with Gasteiger partial charge in [-0.2, -0.15) is 0 Å². The highest BCUT2D eigenvalue weighted by Gasteiger charge is 2.33. The fourth-order valence-corrected chi connectivity index (χ4v) is 5.87. The molecule has 0 aromatic heterocycles. The van der Waals surface area contributed by atoms with Gasteiger partial charge in [-0.15, -0.1) is 11.8 Å². The van der Waals surface area contributed by atoms with Gasteiger partial charge in [0.2, 0.25) is 0 Å². The molecule has 0 N–H and O–H groups in total. The summed E-state index contributed by atoms with van der Waals surface area (Å²) in [5.41, 5.74) is 4.53. The van der Waals surface area contributed by atoms with Gasteiger partial charge in [0.15, 0.2) is 0 Å². The summed E-state index contributed by atoms with van der Waals surface area (Å²) in [4.78, 5) is 16.9. The van der Waals surface area contributed by atoms with E-state index in [1.54, 1.807) is 17.8 Å². The molecule has 2 aliphatic rings. The Hall–Kier alpha value is -2.85. The molecule has 1 aliphatic carbocycles. The number of nitrogens with zero attached hydrogens (tertiary/aromatic N) is 1. The van der Waals surface area contributed by atoms with E-state index in [9.17, 15) is 4.79 Å². The molecule has 1 heterocycles. The molecule has 3 aromatic carbocycles. The third-order valence-electron chi connectivity index (χ3n) is 6.38. The Morgan fingerprint density at radius 3 is 2.31 bits per heavy atom. The van der Waals surface area contributed by atoms with E-state index in [1.165, 1.54) is 17.2 Å². The molecule has 0 radical (unpaired) electrons. The summed E-state index contributed by atoms with van der Waals surface area (Å²) in [5, 5.41) is 0.445. The molecule has 162 valence electrons. The van der Waals surface area contributed by atoms with Crippen LogP contribution in [0.1, 0.15) is 46.0 Å². The molecule has 1 aliphatic heterocycles. The molecule has 1 atom stereocenters. The number of benzene rings is 3. The molecule has 4 heteroatoms. The third-order valence-corrected chi connectivity index (χ3v) is 7.62. The molecule has 0 spiro atoms. The van der Waals surface area contributed by atoms with Crippen molar-refractivity contribution in [3.8, 4) is 0 Å². The number of carbonyl (C=O) groups excluding carboxylic acids is 1. The first-order valence-electron chi connectivity index (χ1n) is 11.2. The zero-order chi connectivity index (χ0) is 22.1. The zero-order valence-corrected chi connectivity index (χ0v) is 18.9. The number of thioether (sulfide) groups is 1. The Labute approximate surface area is 193 Å². The second-order valence-electron chi connectivity index (χ2n) is 8.64. The lowest BCUT2D eigenvalue weighted by atomic mass is 10.0. The van der Waals surface area contributed by atoms with Gasteiger partial charge in [-0.05, 0) is 42.0 Å². The highest BCUT2D eigenvalue weighted by molar-refractivity contribution is 8.09. The molecule has 1 amide bonds. The van der Waals surface area contributed by atoms with Crippen LogP contribution in [0.2, 0.25) is 0 Å². The molecular weight excluding hydrogens is 417 g/mol. The SMILES string of the molecule is CC1CC=C(c2cccc(F)c2C(=O)N(Cc2ccccc2)C2Cc3ccccc3C2)S1. The first-order chi connectivity index (χ1) is 15.6. The quantitative estimate of drug-likeness (QED) is 0.448. The van der Waals surface area contributed by atoms with Crippen LogP contribution in [0.25, 0.3) is 4.91 Å². The first kappa shape index (κ1) is 21.0. The van der Waals surface area contributed by atoms with Crippen LogP contribution in [0.15, 0.2) is 78.9 Å². The minimum atomic E-state index is -0.442. The number of fused-ring (bicyclic) bond motifs is 1. The van der Waals surface area contributed by atoms with Crippen LogP contribution in [-0.4, -0.2) is 22.1 Å². The molecule has 3 aromatic rings. The Morgan fingerprint density at radius 2 is 1.66 bits per heavy atom. The van der Waals surface area contributed by atoms with Gasteiger partial charge >= 0.3 is 0 Å². The van der Waals surface area contributed by atoms with Gasteiger partial charge in [0, 0.05) is 28.3 Å². The lowest BCUT2D eigenvalue weighted by molar-refractivity contribution is 0.0662. The maximum atomic E-state index is 15.2. The van der Waals surface area contributed by atoms with Crippen molar-refractivity contribution in [2.45, 2.75) is 44.0 Å². The highest BCUT2D eigenvalue weighted by Crippen LogP contribution is 2.41. The smallest absolute Gasteiger partial charge is 0.258 e. The number of carbonyl (C=O) groups is 1. The van der Waals surface area contributed by atoms with E-state index in [2.05, 4.69) is 25.1 Å². The van der Waals surface area contributed by atoms with E-state index in [1.807, 2.05) is 53.4 Å². The summed E-state index contributed by atoms with van der Waals surface area (Å²) < 4.78 is 15.2. The standard InChI is InChI=1S/C28H26FNOS/c1-19-14-15-26(32-19)24-12-7-13-25(29)27(24)28(31)30(18-20-8-3-2-4-9-20)23-16-21-10-5-6-11-22(21)17-23/h2-13,15,19,23H,14,16-18H2,1H3. The number of hydrogen-bond donors (Lipinski definition) is 0. The van der Waals surface area contributed by atoms with Crippen LogP contribution < -0.4 is 0 Å². The zero-order valence-electron chi connectivity index (χ0n) is 18.1. The molecule has 0 bridgehead atoms. The molecule has 1 unspecified atom stereocenters. The van der Waals surface area contributed by atoms with Gasteiger partial charge in [0.05, 0.1) is 5.56 Å². The van der Waals surface area contributed by atoms with Crippen LogP contribution >= 0.6 is 11.8 Å². The average molecular weight is 444 g/mol. The average Bonchev–Trinajstić information content (AvgIpc) is 3.43. The normalized spacial score (nSPS) is 17.8. The van der Waals surface area contributed by atoms with Gasteiger partial charge in [0.1, 0.15) is 5.82 Å². The third kappa shape index (κ3) is 4.12. The number of rotatable bonds is 5. The fourth-order valence-electron chi connectivity index (χ4n) is 4.75. The van der Waals surface area contributed by atoms with Crippen LogP contribution in [-0.2, 0) is 19.4 Å². The number of allylic oxidation sites excluding steroid dienone is 1. The van der Waals surface area contributed by atoms with Gasteiger partial charge in [-0.3, -0.25) is 4.79 Å². The Morgan fingerprint density at radius 1 is 0.969 bits per heavy atom. The second-order valence-corrected chi connectivity index (χ2v) is 10.1. The maximum Gasteiger partial charge on any atom is 0.258 e. The Balaban J connectivity index is 1.53. The summed E-state index contributed by atoms with van der Waals surface area (Å²) in [5.74, 6) is -0.664. The molecule has 5 rings (SSSR count). The summed E-state index contributed by atoms with van der Waals surface area (Å²) in [7, 11) is 0. The minimum Gasteiger partial charge on any atom is -0.331 e. The second kappa shape index (κ2) is 8.95. The summed E-state index contributed by atoms with van der Waals surface area (Å²) in [6.07, 6.45) is 4.67. The summed E-state index contributed by atoms with van der Waals surface area (Å²) in [6.45, 7) is 2.63. The maximum absolute atomic E-state index is 15.2. The van der Waals surface area contributed by atoms with E-state index >= 15 is 4.39 Å². The summed E-state index contributed by atoms with van der Waals surface area (Å²) >= 11 is 1.72. The lowest BCUT2D eigenvalue weighted by Gasteiger charge is -2.30. The van der Waals surface area contributed by atoms with E-state index in [0.717, 1.165) is 35.3 Å². The summed E-state index contributed by atoms with van der Waals surface area (Å²) in [6, 6.07) is 23.4. The molecule has 32 heavy (non-hydrogen) atoms. The number of hydrogen-bond acceptors (Lipinski definition) is 2. The predicted octanol–water partition coefficient (Wildman–Crippen LogP) is 6.50. The van der Waals surface area contributed by atoms with E-state index in [4.69, 9.17) is 0 Å². The largest absolute Gasteiger partial charge is 0.331 e. The molecule has 0 fully saturated rings. The topological polar surface area (TPSA) is 20.3 Å². The van der Waals surface area contributed by atoms with Gasteiger partial charge in [-0.1, -0.05) is 79.7 Å². The molecular formula is C28H26FNOS. The van der Waals surface area contributed by atoms with Gasteiger partial charge < -0.3 is 4.90 Å². The fraction of sp³-hybridized carbons (Fsp3) is 0.250. The van der Waals surface area contributed by atoms with Crippen LogP contribution in [0.4, 0.5) is 4.39 Å². The van der Waals surface area contributed by atoms with E-state index in [-0.39, 0.29) is 17.5 Å². The van der Waals surface area contributed by atoms with E-state index in [0.29, 0.717) is 11.8 Å².